The number of nitrogens with zero attached hydrogens (tertiary/aromatic N) is 1. The van der Waals surface area contributed by atoms with Gasteiger partial charge in [0.2, 0.25) is 0 Å². The van der Waals surface area contributed by atoms with Crippen molar-refractivity contribution in [3.8, 4) is 0 Å². The Hall–Kier alpha value is -1.64. The molecule has 0 radical (unpaired) electrons. The molecule has 3 heteroatoms. The van der Waals surface area contributed by atoms with Crippen molar-refractivity contribution in [1.82, 2.24) is 0 Å². The lowest BCUT2D eigenvalue weighted by molar-refractivity contribution is 0.0994. The summed E-state index contributed by atoms with van der Waals surface area (Å²) in [6.45, 7) is 7.75. The fourth-order valence-electron chi connectivity index (χ4n) is 1.88. The highest BCUT2D eigenvalue weighted by atomic mass is 16.5. The molecule has 0 N–H and O–H groups in total. The number of ether oxygens (including phenoxy) is 1. The molecule has 0 amide bonds. The van der Waals surface area contributed by atoms with Crippen molar-refractivity contribution in [1.29, 1.82) is 0 Å². The molecule has 1 aromatic carbocycles. The van der Waals surface area contributed by atoms with E-state index in [1.807, 2.05) is 24.3 Å². The molecule has 1 aliphatic heterocycles. The van der Waals surface area contributed by atoms with E-state index >= 15 is 0 Å². The van der Waals surface area contributed by atoms with Crippen LogP contribution in [-0.2, 0) is 10.2 Å². The van der Waals surface area contributed by atoms with Crippen molar-refractivity contribution < 1.29 is 9.53 Å². The molecule has 18 heavy (non-hydrogen) atoms. The van der Waals surface area contributed by atoms with Crippen LogP contribution in [0.3, 0.4) is 0 Å². The number of carbonyl (C=O) groups excluding carboxylic acids is 1. The third-order valence-corrected chi connectivity index (χ3v) is 3.03. The van der Waals surface area contributed by atoms with Gasteiger partial charge in [-0.2, -0.15) is 0 Å². The molecule has 1 heterocycles. The van der Waals surface area contributed by atoms with Gasteiger partial charge in [-0.3, -0.25) is 9.79 Å². The summed E-state index contributed by atoms with van der Waals surface area (Å²) in [6, 6.07) is 7.81. The molecule has 0 bridgehead atoms. The van der Waals surface area contributed by atoms with Gasteiger partial charge in [0.25, 0.3) is 0 Å². The second-order valence-electron chi connectivity index (χ2n) is 5.55. The highest BCUT2D eigenvalue weighted by Crippen LogP contribution is 2.22. The van der Waals surface area contributed by atoms with Crippen LogP contribution in [0.2, 0.25) is 0 Å². The lowest BCUT2D eigenvalue weighted by Crippen LogP contribution is -2.12. The Labute approximate surface area is 108 Å². The number of rotatable bonds is 3. The van der Waals surface area contributed by atoms with Gasteiger partial charge < -0.3 is 4.74 Å². The Bertz CT molecular complexity index is 466. The number of hydrogen-bond acceptors (Lipinski definition) is 3. The van der Waals surface area contributed by atoms with Crippen molar-refractivity contribution in [2.75, 3.05) is 13.2 Å². The average molecular weight is 245 g/mol. The van der Waals surface area contributed by atoms with Crippen LogP contribution < -0.4 is 0 Å². The maximum absolute atomic E-state index is 12.0. The summed E-state index contributed by atoms with van der Waals surface area (Å²) in [5.41, 5.74) is 2.06. The van der Waals surface area contributed by atoms with E-state index in [-0.39, 0.29) is 17.6 Å². The fourth-order valence-corrected chi connectivity index (χ4v) is 1.88. The third kappa shape index (κ3) is 2.97. The van der Waals surface area contributed by atoms with Gasteiger partial charge in [0.1, 0.15) is 6.61 Å². The van der Waals surface area contributed by atoms with E-state index in [1.54, 1.807) is 0 Å². The van der Waals surface area contributed by atoms with E-state index in [4.69, 9.17) is 4.74 Å². The number of ketones is 1. The maximum Gasteiger partial charge on any atom is 0.191 e. The Morgan fingerprint density at radius 1 is 1.28 bits per heavy atom. The first-order valence-electron chi connectivity index (χ1n) is 6.27. The van der Waals surface area contributed by atoms with Crippen LogP contribution in [-0.4, -0.2) is 24.8 Å². The lowest BCUT2D eigenvalue weighted by atomic mass is 9.86. The first-order valence-corrected chi connectivity index (χ1v) is 6.27. The fraction of sp³-hybridized carbons (Fsp3) is 0.467. The van der Waals surface area contributed by atoms with E-state index in [0.29, 0.717) is 19.0 Å². The predicted molar refractivity (Wildman–Crippen MR) is 72.3 cm³/mol. The van der Waals surface area contributed by atoms with Crippen molar-refractivity contribution in [3.63, 3.8) is 0 Å². The third-order valence-electron chi connectivity index (χ3n) is 3.03. The molecule has 0 atom stereocenters. The molecule has 0 aliphatic carbocycles. The molecule has 1 aromatic rings. The molecular formula is C15H19NO2. The van der Waals surface area contributed by atoms with E-state index in [9.17, 15) is 4.79 Å². The SMILES string of the molecule is CC(C)(C)c1ccc(C(=O)CC2=NCCO2)cc1. The first-order chi connectivity index (χ1) is 8.47. The van der Waals surface area contributed by atoms with Crippen molar-refractivity contribution in [2.45, 2.75) is 32.6 Å². The number of benzene rings is 1. The van der Waals surface area contributed by atoms with E-state index in [2.05, 4.69) is 25.8 Å². The van der Waals surface area contributed by atoms with Gasteiger partial charge in [-0.25, -0.2) is 0 Å². The summed E-state index contributed by atoms with van der Waals surface area (Å²) in [7, 11) is 0. The smallest absolute Gasteiger partial charge is 0.191 e. The van der Waals surface area contributed by atoms with Crippen molar-refractivity contribution in [2.24, 2.45) is 4.99 Å². The van der Waals surface area contributed by atoms with Crippen LogP contribution in [0.4, 0.5) is 0 Å². The second-order valence-corrected chi connectivity index (χ2v) is 5.55. The minimum Gasteiger partial charge on any atom is -0.479 e. The van der Waals surface area contributed by atoms with Gasteiger partial charge in [-0.15, -0.1) is 0 Å². The minimum atomic E-state index is 0.0658. The van der Waals surface area contributed by atoms with Gasteiger partial charge in [0, 0.05) is 5.56 Å². The highest BCUT2D eigenvalue weighted by molar-refractivity contribution is 6.07. The topological polar surface area (TPSA) is 38.7 Å². The van der Waals surface area contributed by atoms with Crippen molar-refractivity contribution >= 4 is 11.7 Å². The zero-order valence-electron chi connectivity index (χ0n) is 11.2. The van der Waals surface area contributed by atoms with Gasteiger partial charge in [0.15, 0.2) is 11.7 Å². The maximum atomic E-state index is 12.0. The molecule has 0 aromatic heterocycles. The highest BCUT2D eigenvalue weighted by Gasteiger charge is 2.16. The summed E-state index contributed by atoms with van der Waals surface area (Å²) in [5.74, 6) is 0.635. The first kappa shape index (κ1) is 12.8. The predicted octanol–water partition coefficient (Wildman–Crippen LogP) is 2.99. The molecule has 1 aliphatic rings. The van der Waals surface area contributed by atoms with Crippen LogP contribution in [0.1, 0.15) is 43.1 Å². The van der Waals surface area contributed by atoms with Crippen LogP contribution in [0.25, 0.3) is 0 Å². The summed E-state index contributed by atoms with van der Waals surface area (Å²) >= 11 is 0. The Morgan fingerprint density at radius 3 is 2.44 bits per heavy atom. The summed E-state index contributed by atoms with van der Waals surface area (Å²) < 4.78 is 5.25. The normalized spacial score (nSPS) is 15.2. The lowest BCUT2D eigenvalue weighted by Gasteiger charge is -2.18. The van der Waals surface area contributed by atoms with Gasteiger partial charge in [-0.05, 0) is 11.0 Å². The molecule has 0 saturated heterocycles. The summed E-state index contributed by atoms with van der Waals surface area (Å²) in [5, 5.41) is 0. The van der Waals surface area contributed by atoms with Crippen LogP contribution in [0.15, 0.2) is 29.3 Å². The Kier molecular flexibility index (Phi) is 3.50. The molecular weight excluding hydrogens is 226 g/mol. The zero-order chi connectivity index (χ0) is 13.2. The second kappa shape index (κ2) is 4.92. The minimum absolute atomic E-state index is 0.0658. The largest absolute Gasteiger partial charge is 0.479 e. The molecule has 0 unspecified atom stereocenters. The summed E-state index contributed by atoms with van der Waals surface area (Å²) in [6.07, 6.45) is 0.273. The molecule has 96 valence electrons. The average Bonchev–Trinajstić information content (AvgIpc) is 2.81. The Morgan fingerprint density at radius 2 is 1.94 bits per heavy atom. The molecule has 3 nitrogen and oxygen atoms in total. The van der Waals surface area contributed by atoms with Gasteiger partial charge in [0.05, 0.1) is 13.0 Å². The monoisotopic (exact) mass is 245 g/mol. The van der Waals surface area contributed by atoms with E-state index in [1.165, 1.54) is 5.56 Å². The zero-order valence-corrected chi connectivity index (χ0v) is 11.2. The summed E-state index contributed by atoms with van der Waals surface area (Å²) in [4.78, 5) is 16.1. The van der Waals surface area contributed by atoms with Gasteiger partial charge in [-0.1, -0.05) is 45.0 Å². The van der Waals surface area contributed by atoms with E-state index in [0.717, 1.165) is 5.56 Å². The Balaban J connectivity index is 2.07. The van der Waals surface area contributed by atoms with E-state index < -0.39 is 0 Å². The van der Waals surface area contributed by atoms with Crippen LogP contribution in [0, 0.1) is 0 Å². The van der Waals surface area contributed by atoms with Crippen molar-refractivity contribution in [3.05, 3.63) is 35.4 Å². The molecule has 2 rings (SSSR count). The molecule has 0 spiro atoms. The van der Waals surface area contributed by atoms with Crippen LogP contribution >= 0.6 is 0 Å². The van der Waals surface area contributed by atoms with Crippen LogP contribution in [0.5, 0.6) is 0 Å². The standard InChI is InChI=1S/C15H19NO2/c1-15(2,3)12-6-4-11(5-7-12)13(17)10-14-16-8-9-18-14/h4-7H,8-10H2,1-3H3. The number of aliphatic imine (C=N–C) groups is 1. The molecule has 0 saturated carbocycles. The van der Waals surface area contributed by atoms with Gasteiger partial charge >= 0.3 is 0 Å². The number of Topliss-reactive ketones (excluding diaryl/α,β-unsaturated/α-hetero) is 1. The molecule has 0 fully saturated rings. The number of carbonyl (C=O) groups is 1. The quantitative estimate of drug-likeness (QED) is 0.768. The number of hydrogen-bond donors (Lipinski definition) is 0.